The maximum atomic E-state index is 15.4. The van der Waals surface area contributed by atoms with E-state index < -0.39 is 112 Å². The molecule has 17 heteroatoms. The van der Waals surface area contributed by atoms with E-state index in [-0.39, 0.29) is 35.5 Å². The highest BCUT2D eigenvalue weighted by molar-refractivity contribution is 8.13. The van der Waals surface area contributed by atoms with E-state index in [0.29, 0.717) is 5.75 Å². The van der Waals surface area contributed by atoms with Gasteiger partial charge in [-0.25, -0.2) is 9.59 Å². The molecule has 0 radical (unpaired) electrons. The van der Waals surface area contributed by atoms with Gasteiger partial charge in [0, 0.05) is 31.9 Å². The first-order valence-corrected chi connectivity index (χ1v) is 21.0. The Balaban J connectivity index is 1.52. The molecule has 0 spiro atoms. The van der Waals surface area contributed by atoms with Gasteiger partial charge in [0.05, 0.1) is 35.9 Å². The Kier molecular flexibility index (Phi) is 13.1. The molecule has 3 fully saturated rings. The van der Waals surface area contributed by atoms with Crippen molar-refractivity contribution in [3.8, 4) is 0 Å². The van der Waals surface area contributed by atoms with Crippen LogP contribution in [0.2, 0.25) is 0 Å². The molecule has 1 saturated heterocycles. The van der Waals surface area contributed by atoms with Gasteiger partial charge in [0.1, 0.15) is 36.2 Å². The summed E-state index contributed by atoms with van der Waals surface area (Å²) in [4.78, 5) is 82.6. The number of aliphatic hydroxyl groups is 3. The third kappa shape index (κ3) is 7.90. The van der Waals surface area contributed by atoms with Crippen LogP contribution in [0.1, 0.15) is 89.9 Å². The average Bonchev–Trinajstić information content (AvgIpc) is 3.72. The summed E-state index contributed by atoms with van der Waals surface area (Å²) in [7, 11) is 0. The number of thioether (sulfide) groups is 1. The number of hydrogen-bond donors (Lipinski definition) is 4. The number of aliphatic hydroxyl groups excluding tert-OH is 3. The van der Waals surface area contributed by atoms with Gasteiger partial charge in [-0.1, -0.05) is 57.2 Å². The fourth-order valence-corrected chi connectivity index (χ4v) is 10.7. The van der Waals surface area contributed by atoms with Crippen LogP contribution in [-0.4, -0.2) is 111 Å². The van der Waals surface area contributed by atoms with Crippen molar-refractivity contribution in [2.24, 2.45) is 22.7 Å². The molecular formula is C43H53NO15S. The lowest BCUT2D eigenvalue weighted by molar-refractivity contribution is -0.337. The van der Waals surface area contributed by atoms with Crippen LogP contribution in [-0.2, 0) is 42.9 Å². The van der Waals surface area contributed by atoms with Crippen LogP contribution in [0.15, 0.2) is 64.3 Å². The molecule has 1 amide bonds. The standard InChI is InChI=1S/C43H53NO15S/c1-8-9-18-60-40(53)44-30(25-16-13-17-54-25)32(49)39(52)57-33-21(2)28-35(56-22(3)45)37(50)42(7)26(47)19-27-43(20-55-27,59-23(4)46)36(42)34(29(31(33)48)41(28,5)6)58-38(51)24-14-11-10-12-15-24/h10-17,26-27,29-36,47-49H,8-9,18-20H2,1-7H3,(H,44,53)/t26-,27+,29?,30-,31+,32+,33+,34+,35+,36?,42+,43-/m0/s1. The van der Waals surface area contributed by atoms with Crippen LogP contribution >= 0.6 is 11.8 Å². The second-order valence-corrected chi connectivity index (χ2v) is 17.8. The Morgan fingerprint density at radius 1 is 0.983 bits per heavy atom. The minimum absolute atomic E-state index is 0.0334. The lowest BCUT2D eigenvalue weighted by Gasteiger charge is -2.66. The number of Topliss-reactive ketones (excluding diaryl/α,β-unsaturated/α-hetero) is 1. The van der Waals surface area contributed by atoms with Crippen molar-refractivity contribution >= 4 is 46.7 Å². The number of furan rings is 1. The van der Waals surface area contributed by atoms with Gasteiger partial charge < -0.3 is 48.7 Å². The summed E-state index contributed by atoms with van der Waals surface area (Å²) in [6.07, 6.45) is -8.75. The van der Waals surface area contributed by atoms with E-state index in [2.05, 4.69) is 5.32 Å². The topological polar surface area (TPSA) is 234 Å². The highest BCUT2D eigenvalue weighted by atomic mass is 32.2. The summed E-state index contributed by atoms with van der Waals surface area (Å²) >= 11 is 0.958. The fourth-order valence-electron chi connectivity index (χ4n) is 9.86. The van der Waals surface area contributed by atoms with Crippen molar-refractivity contribution in [1.29, 1.82) is 0 Å². The van der Waals surface area contributed by atoms with E-state index in [0.717, 1.165) is 38.5 Å². The van der Waals surface area contributed by atoms with Gasteiger partial charge in [0.25, 0.3) is 5.24 Å². The molecule has 326 valence electrons. The highest BCUT2D eigenvalue weighted by Gasteiger charge is 2.76. The number of amides is 1. The lowest BCUT2D eigenvalue weighted by Crippen LogP contribution is -2.80. The van der Waals surface area contributed by atoms with Crippen molar-refractivity contribution in [1.82, 2.24) is 5.32 Å². The average molecular weight is 856 g/mol. The van der Waals surface area contributed by atoms with Crippen LogP contribution in [0.4, 0.5) is 4.79 Å². The zero-order valence-corrected chi connectivity index (χ0v) is 35.4. The van der Waals surface area contributed by atoms with Crippen molar-refractivity contribution < 1.29 is 72.2 Å². The molecule has 1 aliphatic heterocycles. The Morgan fingerprint density at radius 2 is 1.68 bits per heavy atom. The molecule has 60 heavy (non-hydrogen) atoms. The van der Waals surface area contributed by atoms with Gasteiger partial charge in [-0.3, -0.25) is 19.2 Å². The molecule has 4 N–H and O–H groups in total. The number of nitrogens with one attached hydrogen (secondary N) is 1. The lowest BCUT2D eigenvalue weighted by atomic mass is 9.45. The number of carbonyl (C=O) groups is 6. The van der Waals surface area contributed by atoms with Gasteiger partial charge in [-0.15, -0.1) is 0 Å². The number of benzene rings is 1. The predicted molar refractivity (Wildman–Crippen MR) is 212 cm³/mol. The van der Waals surface area contributed by atoms with Gasteiger partial charge in [-0.05, 0) is 61.1 Å². The fraction of sp³-hybridized carbons (Fsp3) is 0.581. The van der Waals surface area contributed by atoms with E-state index in [4.69, 9.17) is 28.1 Å². The number of carbonyl (C=O) groups excluding carboxylic acids is 6. The van der Waals surface area contributed by atoms with Crippen LogP contribution in [0, 0.1) is 22.7 Å². The van der Waals surface area contributed by atoms with Crippen LogP contribution < -0.4 is 5.32 Å². The molecule has 2 aromatic rings. The third-order valence-electron chi connectivity index (χ3n) is 12.7. The molecule has 1 aromatic carbocycles. The number of ether oxygens (including phenoxy) is 5. The van der Waals surface area contributed by atoms with Crippen LogP contribution in [0.3, 0.4) is 0 Å². The molecule has 16 nitrogen and oxygen atoms in total. The normalized spacial score (nSPS) is 32.7. The van der Waals surface area contributed by atoms with E-state index in [1.165, 1.54) is 44.4 Å². The number of esters is 4. The number of hydrogen-bond acceptors (Lipinski definition) is 16. The van der Waals surface area contributed by atoms with E-state index in [1.807, 2.05) is 6.92 Å². The van der Waals surface area contributed by atoms with Gasteiger partial charge >= 0.3 is 23.9 Å². The first kappa shape index (κ1) is 45.0. The Morgan fingerprint density at radius 3 is 2.27 bits per heavy atom. The second kappa shape index (κ2) is 17.4. The summed E-state index contributed by atoms with van der Waals surface area (Å²) in [5.74, 6) is -6.93. The van der Waals surface area contributed by atoms with E-state index in [1.54, 1.807) is 32.0 Å². The molecule has 3 aliphatic carbocycles. The Bertz CT molecular complexity index is 2000. The third-order valence-corrected chi connectivity index (χ3v) is 13.5. The highest BCUT2D eigenvalue weighted by Crippen LogP contribution is 2.63. The molecule has 2 unspecified atom stereocenters. The first-order valence-electron chi connectivity index (χ1n) is 20.0. The minimum atomic E-state index is -2.09. The van der Waals surface area contributed by atoms with Gasteiger partial charge in [-0.2, -0.15) is 0 Å². The minimum Gasteiger partial charge on any atom is -0.467 e. The molecule has 2 saturated carbocycles. The molecule has 1 aromatic heterocycles. The quantitative estimate of drug-likeness (QED) is 0.102. The molecule has 12 atom stereocenters. The zero-order chi connectivity index (χ0) is 43.9. The van der Waals surface area contributed by atoms with Crippen LogP contribution in [0.5, 0.6) is 0 Å². The van der Waals surface area contributed by atoms with E-state index >= 15 is 4.79 Å². The SMILES string of the molecule is CCCCSC(=O)N[C@@H](c1ccco1)[C@@H](O)C(=O)O[C@@H]1C(C)=C2[C@@H](OC(C)=O)C(=O)[C@@]3(C)C([C@H](OC(=O)c4ccccc4)C([C@H]1O)C2(C)C)[C@]1(OC(C)=O)CO[C@@H]1C[C@@H]3O. The molecule has 6 rings (SSSR count). The largest absolute Gasteiger partial charge is 0.467 e. The van der Waals surface area contributed by atoms with Crippen molar-refractivity contribution in [3.05, 3.63) is 71.2 Å². The maximum absolute atomic E-state index is 15.4. The number of rotatable bonds is 12. The Hall–Kier alpha value is -4.55. The number of unbranched alkanes of at least 4 members (excludes halogenated alkanes) is 1. The van der Waals surface area contributed by atoms with Crippen molar-refractivity contribution in [3.63, 3.8) is 0 Å². The smallest absolute Gasteiger partial charge is 0.338 e. The maximum Gasteiger partial charge on any atom is 0.338 e. The second-order valence-electron chi connectivity index (χ2n) is 16.7. The Labute approximate surface area is 351 Å². The monoisotopic (exact) mass is 855 g/mol. The summed E-state index contributed by atoms with van der Waals surface area (Å²) in [5, 5.41) is 38.4. The summed E-state index contributed by atoms with van der Waals surface area (Å²) < 4.78 is 35.6. The van der Waals surface area contributed by atoms with Crippen molar-refractivity contribution in [2.45, 2.75) is 122 Å². The van der Waals surface area contributed by atoms with Crippen LogP contribution in [0.25, 0.3) is 0 Å². The number of fused-ring (bicyclic) bond motifs is 5. The van der Waals surface area contributed by atoms with Gasteiger partial charge in [0.15, 0.2) is 23.6 Å². The molecular weight excluding hydrogens is 803 g/mol. The molecule has 2 heterocycles. The number of ketones is 1. The van der Waals surface area contributed by atoms with E-state index in [9.17, 15) is 39.3 Å². The van der Waals surface area contributed by atoms with Crippen molar-refractivity contribution in [2.75, 3.05) is 12.4 Å². The summed E-state index contributed by atoms with van der Waals surface area (Å²) in [6, 6.07) is 9.44. The zero-order valence-electron chi connectivity index (χ0n) is 34.6. The summed E-state index contributed by atoms with van der Waals surface area (Å²) in [6.45, 7) is 10.1. The molecule has 4 aliphatic rings. The first-order chi connectivity index (χ1) is 28.3. The predicted octanol–water partition coefficient (Wildman–Crippen LogP) is 4.00. The van der Waals surface area contributed by atoms with Gasteiger partial charge in [0.2, 0.25) is 0 Å². The summed E-state index contributed by atoms with van der Waals surface area (Å²) in [5.41, 5.74) is -4.85. The molecule has 2 bridgehead atoms.